The zero-order valence-electron chi connectivity index (χ0n) is 9.82. The number of rotatable bonds is 5. The number of carbonyl (C=O) groups excluding carboxylic acids is 1. The van der Waals surface area contributed by atoms with Crippen LogP contribution in [-0.2, 0) is 9.53 Å². The molecular formula is C12H17NO3. The number of likely N-dealkylation sites (N-methyl/N-ethyl adjacent to an activating group) is 1. The van der Waals surface area contributed by atoms with Crippen LogP contribution < -0.4 is 10.1 Å². The van der Waals surface area contributed by atoms with Gasteiger partial charge in [0, 0.05) is 0 Å². The number of methoxy groups -OCH3 is 1. The van der Waals surface area contributed by atoms with Crippen molar-refractivity contribution in [1.82, 2.24) is 5.32 Å². The number of nitrogens with one attached hydrogen (secondary N) is 1. The van der Waals surface area contributed by atoms with Gasteiger partial charge in [0.1, 0.15) is 18.4 Å². The Bertz CT molecular complexity index is 352. The van der Waals surface area contributed by atoms with Crippen LogP contribution in [0.2, 0.25) is 0 Å². The average Bonchev–Trinajstić information content (AvgIpc) is 2.29. The van der Waals surface area contributed by atoms with Gasteiger partial charge in [0.25, 0.3) is 0 Å². The van der Waals surface area contributed by atoms with Crippen LogP contribution in [-0.4, -0.2) is 32.8 Å². The summed E-state index contributed by atoms with van der Waals surface area (Å²) < 4.78 is 10.1. The first-order valence-electron chi connectivity index (χ1n) is 5.12. The SMILES string of the molecule is CNC(COc1cccc(C)c1)C(=O)OC. The molecular weight excluding hydrogens is 206 g/mol. The van der Waals surface area contributed by atoms with Gasteiger partial charge in [0.2, 0.25) is 0 Å². The smallest absolute Gasteiger partial charge is 0.326 e. The fourth-order valence-corrected chi connectivity index (χ4v) is 1.30. The van der Waals surface area contributed by atoms with Gasteiger partial charge < -0.3 is 14.8 Å². The molecule has 1 aromatic carbocycles. The zero-order chi connectivity index (χ0) is 12.0. The van der Waals surface area contributed by atoms with Crippen LogP contribution in [0.5, 0.6) is 5.75 Å². The molecule has 1 unspecified atom stereocenters. The van der Waals surface area contributed by atoms with Gasteiger partial charge >= 0.3 is 5.97 Å². The molecule has 88 valence electrons. The fraction of sp³-hybridized carbons (Fsp3) is 0.417. The minimum Gasteiger partial charge on any atom is -0.491 e. The Balaban J connectivity index is 2.52. The van der Waals surface area contributed by atoms with E-state index in [1.165, 1.54) is 7.11 Å². The Morgan fingerprint density at radius 1 is 1.50 bits per heavy atom. The third-order valence-corrected chi connectivity index (χ3v) is 2.24. The predicted molar refractivity (Wildman–Crippen MR) is 61.5 cm³/mol. The molecule has 0 amide bonds. The van der Waals surface area contributed by atoms with Crippen LogP contribution >= 0.6 is 0 Å². The van der Waals surface area contributed by atoms with Crippen LogP contribution in [0.1, 0.15) is 5.56 Å². The molecule has 0 saturated carbocycles. The lowest BCUT2D eigenvalue weighted by atomic mass is 10.2. The highest BCUT2D eigenvalue weighted by molar-refractivity contribution is 5.75. The van der Waals surface area contributed by atoms with Crippen molar-refractivity contribution in [3.05, 3.63) is 29.8 Å². The first kappa shape index (κ1) is 12.5. The number of carbonyl (C=O) groups is 1. The van der Waals surface area contributed by atoms with Crippen molar-refractivity contribution < 1.29 is 14.3 Å². The summed E-state index contributed by atoms with van der Waals surface area (Å²) in [7, 11) is 3.06. The Morgan fingerprint density at radius 3 is 2.81 bits per heavy atom. The summed E-state index contributed by atoms with van der Waals surface area (Å²) in [6, 6.07) is 7.24. The molecule has 0 saturated heterocycles. The van der Waals surface area contributed by atoms with Gasteiger partial charge in [-0.15, -0.1) is 0 Å². The largest absolute Gasteiger partial charge is 0.491 e. The molecule has 0 bridgehead atoms. The number of ether oxygens (including phenoxy) is 2. The minimum atomic E-state index is -0.439. The van der Waals surface area contributed by atoms with Crippen LogP contribution in [0.3, 0.4) is 0 Å². The maximum atomic E-state index is 11.3. The summed E-state index contributed by atoms with van der Waals surface area (Å²) in [5.41, 5.74) is 1.12. The number of hydrogen-bond acceptors (Lipinski definition) is 4. The van der Waals surface area contributed by atoms with Gasteiger partial charge in [0.05, 0.1) is 7.11 Å². The topological polar surface area (TPSA) is 47.6 Å². The number of aryl methyl sites for hydroxylation is 1. The van der Waals surface area contributed by atoms with Crippen LogP contribution in [0.25, 0.3) is 0 Å². The minimum absolute atomic E-state index is 0.257. The molecule has 4 heteroatoms. The zero-order valence-corrected chi connectivity index (χ0v) is 9.82. The second-order valence-electron chi connectivity index (χ2n) is 3.49. The van der Waals surface area contributed by atoms with Crippen molar-refractivity contribution in [2.45, 2.75) is 13.0 Å². The molecule has 1 rings (SSSR count). The summed E-state index contributed by atoms with van der Waals surface area (Å²) in [5.74, 6) is 0.430. The van der Waals surface area contributed by atoms with E-state index in [1.807, 2.05) is 31.2 Å². The van der Waals surface area contributed by atoms with E-state index in [4.69, 9.17) is 4.74 Å². The fourth-order valence-electron chi connectivity index (χ4n) is 1.30. The lowest BCUT2D eigenvalue weighted by Crippen LogP contribution is -2.40. The molecule has 0 aliphatic rings. The predicted octanol–water partition coefficient (Wildman–Crippen LogP) is 1.13. The highest BCUT2D eigenvalue weighted by atomic mass is 16.5. The standard InChI is InChI=1S/C12H17NO3/c1-9-5-4-6-10(7-9)16-8-11(13-2)12(14)15-3/h4-7,11,13H,8H2,1-3H3. The molecule has 1 aromatic rings. The monoisotopic (exact) mass is 223 g/mol. The number of hydrogen-bond donors (Lipinski definition) is 1. The van der Waals surface area contributed by atoms with Gasteiger partial charge in [0.15, 0.2) is 0 Å². The van der Waals surface area contributed by atoms with Gasteiger partial charge in [-0.3, -0.25) is 4.79 Å². The summed E-state index contributed by atoms with van der Waals surface area (Å²) >= 11 is 0. The van der Waals surface area contributed by atoms with E-state index in [0.29, 0.717) is 0 Å². The van der Waals surface area contributed by atoms with Gasteiger partial charge in [-0.05, 0) is 31.7 Å². The Labute approximate surface area is 95.6 Å². The third kappa shape index (κ3) is 3.55. The Kier molecular flexibility index (Phi) is 4.79. The first-order chi connectivity index (χ1) is 7.67. The van der Waals surface area contributed by atoms with Crippen molar-refractivity contribution in [2.24, 2.45) is 0 Å². The quantitative estimate of drug-likeness (QED) is 0.760. The molecule has 16 heavy (non-hydrogen) atoms. The summed E-state index contributed by atoms with van der Waals surface area (Å²) in [5, 5.41) is 2.84. The Morgan fingerprint density at radius 2 is 2.25 bits per heavy atom. The average molecular weight is 223 g/mol. The van der Waals surface area contributed by atoms with E-state index in [2.05, 4.69) is 10.1 Å². The van der Waals surface area contributed by atoms with E-state index in [-0.39, 0.29) is 12.6 Å². The summed E-state index contributed by atoms with van der Waals surface area (Å²) in [6.07, 6.45) is 0. The summed E-state index contributed by atoms with van der Waals surface area (Å²) in [4.78, 5) is 11.3. The van der Waals surface area contributed by atoms with Crippen LogP contribution in [0, 0.1) is 6.92 Å². The van der Waals surface area contributed by atoms with Crippen molar-refractivity contribution in [1.29, 1.82) is 0 Å². The summed E-state index contributed by atoms with van der Waals surface area (Å²) in [6.45, 7) is 2.25. The first-order valence-corrected chi connectivity index (χ1v) is 5.12. The third-order valence-electron chi connectivity index (χ3n) is 2.24. The van der Waals surface area contributed by atoms with Crippen LogP contribution in [0.15, 0.2) is 24.3 Å². The molecule has 4 nitrogen and oxygen atoms in total. The highest BCUT2D eigenvalue weighted by Crippen LogP contribution is 2.12. The molecule has 0 spiro atoms. The van der Waals surface area contributed by atoms with Crippen molar-refractivity contribution in [2.75, 3.05) is 20.8 Å². The maximum Gasteiger partial charge on any atom is 0.326 e. The maximum absolute atomic E-state index is 11.3. The van der Waals surface area contributed by atoms with E-state index in [0.717, 1.165) is 11.3 Å². The van der Waals surface area contributed by atoms with E-state index in [9.17, 15) is 4.79 Å². The lowest BCUT2D eigenvalue weighted by Gasteiger charge is -2.14. The molecule has 0 aliphatic carbocycles. The van der Waals surface area contributed by atoms with E-state index >= 15 is 0 Å². The van der Waals surface area contributed by atoms with E-state index in [1.54, 1.807) is 7.05 Å². The van der Waals surface area contributed by atoms with Crippen molar-refractivity contribution >= 4 is 5.97 Å². The normalized spacial score (nSPS) is 11.9. The molecule has 0 aliphatic heterocycles. The van der Waals surface area contributed by atoms with Gasteiger partial charge in [-0.1, -0.05) is 12.1 Å². The molecule has 0 heterocycles. The lowest BCUT2D eigenvalue weighted by molar-refractivity contribution is -0.143. The van der Waals surface area contributed by atoms with Gasteiger partial charge in [-0.2, -0.15) is 0 Å². The molecule has 0 aromatic heterocycles. The molecule has 0 radical (unpaired) electrons. The second kappa shape index (κ2) is 6.12. The molecule has 1 N–H and O–H groups in total. The molecule has 1 atom stereocenters. The van der Waals surface area contributed by atoms with Gasteiger partial charge in [-0.25, -0.2) is 0 Å². The number of benzene rings is 1. The second-order valence-corrected chi connectivity index (χ2v) is 3.49. The van der Waals surface area contributed by atoms with E-state index < -0.39 is 6.04 Å². The Hall–Kier alpha value is -1.55. The van der Waals surface area contributed by atoms with Crippen molar-refractivity contribution in [3.63, 3.8) is 0 Å². The molecule has 0 fully saturated rings. The number of esters is 1. The van der Waals surface area contributed by atoms with Crippen molar-refractivity contribution in [3.8, 4) is 5.75 Å². The van der Waals surface area contributed by atoms with Crippen LogP contribution in [0.4, 0.5) is 0 Å². The highest BCUT2D eigenvalue weighted by Gasteiger charge is 2.17.